The molecule has 0 spiro atoms. The molecule has 106 heavy (non-hydrogen) atoms. The van der Waals surface area contributed by atoms with Crippen LogP contribution < -0.4 is 0 Å². The fourth-order valence-electron chi connectivity index (χ4n) is 10.5. The van der Waals surface area contributed by atoms with Crippen LogP contribution in [0.4, 0.5) is 0 Å². The molecule has 0 amide bonds. The monoisotopic (exact) mass is 1530 g/mol. The van der Waals surface area contributed by atoms with Gasteiger partial charge in [0.05, 0.1) is 26.4 Å². The van der Waals surface area contributed by atoms with Crippen molar-refractivity contribution in [2.24, 2.45) is 0 Å². The number of phosphoric ester groups is 2. The van der Waals surface area contributed by atoms with E-state index in [1.807, 2.05) is 0 Å². The second kappa shape index (κ2) is 78.1. The van der Waals surface area contributed by atoms with E-state index >= 15 is 0 Å². The molecule has 17 nitrogen and oxygen atoms in total. The summed E-state index contributed by atoms with van der Waals surface area (Å²) in [6.07, 6.45) is 89.6. The van der Waals surface area contributed by atoms with E-state index in [9.17, 15) is 43.2 Å². The summed E-state index contributed by atoms with van der Waals surface area (Å²) in [6, 6.07) is 0. The molecule has 5 atom stereocenters. The Bertz CT molecular complexity index is 2580. The third kappa shape index (κ3) is 77.1. The molecule has 0 aromatic heterocycles. The molecule has 0 aliphatic rings. The van der Waals surface area contributed by atoms with Gasteiger partial charge in [0.25, 0.3) is 0 Å². The lowest BCUT2D eigenvalue weighted by atomic mass is 10.1. The molecule has 0 aliphatic carbocycles. The van der Waals surface area contributed by atoms with Crippen molar-refractivity contribution in [2.45, 2.75) is 341 Å². The average Bonchev–Trinajstić information content (AvgIpc) is 0.919. The number of phosphoric acid groups is 2. The van der Waals surface area contributed by atoms with Crippen molar-refractivity contribution in [3.05, 3.63) is 146 Å². The van der Waals surface area contributed by atoms with Crippen LogP contribution in [-0.4, -0.2) is 96.7 Å². The lowest BCUT2D eigenvalue weighted by Gasteiger charge is -2.21. The van der Waals surface area contributed by atoms with E-state index in [1.165, 1.54) is 32.1 Å². The first kappa shape index (κ1) is 101. The van der Waals surface area contributed by atoms with Crippen LogP contribution in [-0.2, 0) is 65.4 Å². The van der Waals surface area contributed by atoms with E-state index < -0.39 is 97.5 Å². The quantitative estimate of drug-likeness (QED) is 0.0169. The topological polar surface area (TPSA) is 237 Å². The first-order valence-corrected chi connectivity index (χ1v) is 44.1. The minimum Gasteiger partial charge on any atom is -0.462 e. The Morgan fingerprint density at radius 3 is 0.802 bits per heavy atom. The van der Waals surface area contributed by atoms with E-state index in [-0.39, 0.29) is 25.7 Å². The van der Waals surface area contributed by atoms with Crippen LogP contribution in [0.15, 0.2) is 146 Å². The molecule has 0 bridgehead atoms. The van der Waals surface area contributed by atoms with Gasteiger partial charge in [-0.15, -0.1) is 0 Å². The van der Waals surface area contributed by atoms with Gasteiger partial charge in [0.2, 0.25) is 0 Å². The zero-order valence-electron chi connectivity index (χ0n) is 66.3. The van der Waals surface area contributed by atoms with Crippen molar-refractivity contribution in [1.29, 1.82) is 0 Å². The highest BCUT2D eigenvalue weighted by atomic mass is 31.2. The molecule has 0 aromatic rings. The SMILES string of the molecule is CC/C=C\C/C=C\C/C=C\C/C=C\C/C=C\CCCCCC(=O)OCC(COP(=O)(O)OCC(O)COP(=O)(O)OCC(COC(=O)CCCCCCCC/C=C\C/C=C\C/C=C\CCCCC)OC(=O)CCCCCCC/C=C\CCCC)OC(=O)CCCCCCCCC/C=C\C/C=C\C/C=C\CC. The standard InChI is InChI=1S/C87H146O17P2/c1-5-9-13-17-21-25-29-32-35-38-40-43-45-48-52-55-59-63-67-71-84(89)97-77-82(103-86(91)73-69-65-61-57-51-28-24-20-16-12-8-4)79-101-105(93,94)99-75-81(88)76-100-106(95,96)102-80-83(104-87(92)74-70-66-62-58-54-50-47-42-37-34-31-27-23-19-15-11-7-3)78-98-85(90)72-68-64-60-56-53-49-46-44-41-39-36-33-30-26-22-18-14-10-6-2/h10-11,14-15,20-27,32-37,40-41,43-44,49,53,81-83,88H,5-9,12-13,16-19,28-31,38-39,42,45-48,50-52,54-80H2,1-4H3,(H,93,94)(H,95,96)/b14-10-,15-11-,24-20-,25-21-,26-22-,27-23-,35-32-,36-33-,37-34-,43-40-,44-41-,53-49-. The highest BCUT2D eigenvalue weighted by Gasteiger charge is 2.30. The van der Waals surface area contributed by atoms with Gasteiger partial charge in [0, 0.05) is 25.7 Å². The number of carbonyl (C=O) groups excluding carboxylic acids is 4. The normalized spacial score (nSPS) is 14.6. The molecular weight excluding hydrogens is 1380 g/mol. The van der Waals surface area contributed by atoms with E-state index in [1.54, 1.807) is 0 Å². The number of ether oxygens (including phenoxy) is 4. The van der Waals surface area contributed by atoms with Crippen LogP contribution >= 0.6 is 15.6 Å². The molecule has 606 valence electrons. The van der Waals surface area contributed by atoms with Crippen molar-refractivity contribution < 1.29 is 80.2 Å². The molecule has 0 fully saturated rings. The van der Waals surface area contributed by atoms with Crippen molar-refractivity contribution in [1.82, 2.24) is 0 Å². The van der Waals surface area contributed by atoms with Gasteiger partial charge in [-0.2, -0.15) is 0 Å². The van der Waals surface area contributed by atoms with Crippen molar-refractivity contribution in [3.8, 4) is 0 Å². The Morgan fingerprint density at radius 1 is 0.274 bits per heavy atom. The Hall–Kier alpha value is -5.06. The second-order valence-corrected chi connectivity index (χ2v) is 29.8. The first-order valence-electron chi connectivity index (χ1n) is 41.1. The van der Waals surface area contributed by atoms with Gasteiger partial charge in [0.1, 0.15) is 19.3 Å². The van der Waals surface area contributed by atoms with Gasteiger partial charge in [-0.25, -0.2) is 9.13 Å². The van der Waals surface area contributed by atoms with Crippen LogP contribution in [0.3, 0.4) is 0 Å². The minimum atomic E-state index is -5.00. The first-order chi connectivity index (χ1) is 51.7. The third-order valence-electron chi connectivity index (χ3n) is 16.8. The van der Waals surface area contributed by atoms with Crippen LogP contribution in [0, 0.1) is 0 Å². The van der Waals surface area contributed by atoms with Gasteiger partial charge in [-0.05, 0) is 161 Å². The number of rotatable bonds is 76. The number of hydrogen-bond acceptors (Lipinski definition) is 15. The van der Waals surface area contributed by atoms with Crippen molar-refractivity contribution >= 4 is 39.5 Å². The highest BCUT2D eigenvalue weighted by molar-refractivity contribution is 7.47. The summed E-state index contributed by atoms with van der Waals surface area (Å²) >= 11 is 0. The predicted octanol–water partition coefficient (Wildman–Crippen LogP) is 24.2. The molecule has 0 saturated heterocycles. The number of aliphatic hydroxyl groups is 1. The van der Waals surface area contributed by atoms with E-state index in [4.69, 9.17) is 37.0 Å². The van der Waals surface area contributed by atoms with Gasteiger partial charge in [0.15, 0.2) is 12.2 Å². The largest absolute Gasteiger partial charge is 0.472 e. The minimum absolute atomic E-state index is 0.0717. The maximum atomic E-state index is 13.1. The van der Waals surface area contributed by atoms with Gasteiger partial charge in [-0.3, -0.25) is 37.3 Å². The van der Waals surface area contributed by atoms with Crippen LogP contribution in [0.25, 0.3) is 0 Å². The van der Waals surface area contributed by atoms with Crippen LogP contribution in [0.5, 0.6) is 0 Å². The van der Waals surface area contributed by atoms with Crippen molar-refractivity contribution in [3.63, 3.8) is 0 Å². The Kier molecular flexibility index (Phi) is 74.3. The Labute approximate surface area is 643 Å². The molecule has 3 N–H and O–H groups in total. The summed E-state index contributed by atoms with van der Waals surface area (Å²) in [4.78, 5) is 73.1. The fourth-order valence-corrected chi connectivity index (χ4v) is 12.1. The summed E-state index contributed by atoms with van der Waals surface area (Å²) in [5.74, 6) is -2.25. The summed E-state index contributed by atoms with van der Waals surface area (Å²) in [6.45, 7) is 4.52. The van der Waals surface area contributed by atoms with E-state index in [2.05, 4.69) is 174 Å². The third-order valence-corrected chi connectivity index (χ3v) is 18.7. The van der Waals surface area contributed by atoms with Gasteiger partial charge < -0.3 is 33.8 Å². The summed E-state index contributed by atoms with van der Waals surface area (Å²) in [5, 5.41) is 10.6. The summed E-state index contributed by atoms with van der Waals surface area (Å²) in [5.41, 5.74) is 0. The number of allylic oxidation sites excluding steroid dienone is 24. The number of esters is 4. The zero-order valence-corrected chi connectivity index (χ0v) is 68.1. The predicted molar refractivity (Wildman–Crippen MR) is 436 cm³/mol. The molecule has 5 unspecified atom stereocenters. The molecule has 0 heterocycles. The molecule has 0 radical (unpaired) electrons. The summed E-state index contributed by atoms with van der Waals surface area (Å²) < 4.78 is 68.6. The number of hydrogen-bond donors (Lipinski definition) is 3. The van der Waals surface area contributed by atoms with Gasteiger partial charge in [-0.1, -0.05) is 283 Å². The molecule has 0 saturated carbocycles. The molecule has 0 aromatic carbocycles. The molecular formula is C87H146O17P2. The van der Waals surface area contributed by atoms with Crippen LogP contribution in [0.1, 0.15) is 323 Å². The van der Waals surface area contributed by atoms with E-state index in [0.29, 0.717) is 25.7 Å². The molecule has 0 rings (SSSR count). The maximum absolute atomic E-state index is 13.1. The molecule has 0 aliphatic heterocycles. The maximum Gasteiger partial charge on any atom is 0.472 e. The molecule has 19 heteroatoms. The lowest BCUT2D eigenvalue weighted by molar-refractivity contribution is -0.161. The van der Waals surface area contributed by atoms with E-state index in [0.717, 1.165) is 212 Å². The average molecular weight is 1530 g/mol. The second-order valence-electron chi connectivity index (χ2n) is 26.9. The Morgan fingerprint density at radius 2 is 0.500 bits per heavy atom. The Balaban J connectivity index is 5.38. The summed E-state index contributed by atoms with van der Waals surface area (Å²) in [7, 11) is -9.98. The zero-order chi connectivity index (χ0) is 77.4. The fraction of sp³-hybridized carbons (Fsp3) is 0.678. The number of unbranched alkanes of at least 4 members (excludes halogenated alkanes) is 26. The van der Waals surface area contributed by atoms with Crippen molar-refractivity contribution in [2.75, 3.05) is 39.6 Å². The van der Waals surface area contributed by atoms with Crippen LogP contribution in [0.2, 0.25) is 0 Å². The smallest absolute Gasteiger partial charge is 0.462 e. The highest BCUT2D eigenvalue weighted by Crippen LogP contribution is 2.45. The number of carbonyl (C=O) groups is 4. The lowest BCUT2D eigenvalue weighted by Crippen LogP contribution is -2.30. The van der Waals surface area contributed by atoms with Gasteiger partial charge >= 0.3 is 39.5 Å². The number of aliphatic hydroxyl groups excluding tert-OH is 1.